The number of fused-ring (bicyclic) bond motifs is 1. The summed E-state index contributed by atoms with van der Waals surface area (Å²) in [5.41, 5.74) is 2.38. The Bertz CT molecular complexity index is 642. The molecule has 5 heteroatoms. The van der Waals surface area contributed by atoms with Crippen molar-refractivity contribution >= 4 is 18.5 Å². The van der Waals surface area contributed by atoms with Crippen molar-refractivity contribution in [3.8, 4) is 0 Å². The SMILES string of the molecule is CCOP(=O)(O)CCC[n+]1ccc(C)c2ccccc21. The van der Waals surface area contributed by atoms with Crippen molar-refractivity contribution in [2.24, 2.45) is 0 Å². The van der Waals surface area contributed by atoms with Gasteiger partial charge in [-0.2, -0.15) is 4.57 Å². The van der Waals surface area contributed by atoms with Gasteiger partial charge in [-0.1, -0.05) is 12.1 Å². The van der Waals surface area contributed by atoms with Gasteiger partial charge in [0.25, 0.3) is 0 Å². The Hall–Kier alpha value is -1.22. The molecule has 0 spiro atoms. The van der Waals surface area contributed by atoms with Crippen LogP contribution in [0.4, 0.5) is 0 Å². The van der Waals surface area contributed by atoms with E-state index in [9.17, 15) is 9.46 Å². The maximum atomic E-state index is 11.6. The number of nitrogens with zero attached hydrogens (tertiary/aromatic N) is 1. The zero-order chi connectivity index (χ0) is 14.6. The monoisotopic (exact) mass is 294 g/mol. The number of rotatable bonds is 6. The quantitative estimate of drug-likeness (QED) is 0.658. The molecule has 0 bridgehead atoms. The van der Waals surface area contributed by atoms with Crippen molar-refractivity contribution in [2.75, 3.05) is 12.8 Å². The number of benzene rings is 1. The van der Waals surface area contributed by atoms with Crippen LogP contribution in [0, 0.1) is 6.92 Å². The highest BCUT2D eigenvalue weighted by molar-refractivity contribution is 7.52. The van der Waals surface area contributed by atoms with Gasteiger partial charge in [0, 0.05) is 23.9 Å². The van der Waals surface area contributed by atoms with Crippen LogP contribution in [-0.2, 0) is 15.6 Å². The van der Waals surface area contributed by atoms with Crippen LogP contribution in [0.3, 0.4) is 0 Å². The van der Waals surface area contributed by atoms with E-state index in [0.717, 1.165) is 5.52 Å². The molecule has 0 aliphatic carbocycles. The predicted octanol–water partition coefficient (Wildman–Crippen LogP) is 3.05. The maximum absolute atomic E-state index is 11.6. The molecule has 20 heavy (non-hydrogen) atoms. The Labute approximate surface area is 119 Å². The number of aryl methyl sites for hydroxylation is 2. The third-order valence-corrected chi connectivity index (χ3v) is 4.86. The van der Waals surface area contributed by atoms with E-state index in [1.807, 2.05) is 18.3 Å². The normalized spacial score (nSPS) is 14.3. The molecule has 0 radical (unpaired) electrons. The Morgan fingerprint density at radius 3 is 2.80 bits per heavy atom. The second kappa shape index (κ2) is 6.49. The Balaban J connectivity index is 2.11. The summed E-state index contributed by atoms with van der Waals surface area (Å²) >= 11 is 0. The molecule has 1 heterocycles. The highest BCUT2D eigenvalue weighted by Crippen LogP contribution is 2.42. The smallest absolute Gasteiger partial charge is 0.324 e. The number of hydrogen-bond donors (Lipinski definition) is 1. The van der Waals surface area contributed by atoms with Crippen LogP contribution in [0.1, 0.15) is 18.9 Å². The number of hydrogen-bond acceptors (Lipinski definition) is 2. The van der Waals surface area contributed by atoms with Crippen molar-refractivity contribution in [1.82, 2.24) is 0 Å². The minimum atomic E-state index is -3.41. The molecule has 1 N–H and O–H groups in total. The number of aromatic nitrogens is 1. The zero-order valence-electron chi connectivity index (χ0n) is 12.0. The minimum Gasteiger partial charge on any atom is -0.324 e. The van der Waals surface area contributed by atoms with Gasteiger partial charge in [-0.05, 0) is 25.5 Å². The van der Waals surface area contributed by atoms with Crippen LogP contribution in [0.5, 0.6) is 0 Å². The molecule has 0 saturated heterocycles. The second-order valence-corrected chi connectivity index (χ2v) is 6.82. The standard InChI is InChI=1S/C15H20NO3P/c1-3-19-20(17,18)12-6-10-16-11-9-13(2)14-7-4-5-8-15(14)16/h4-5,7-9,11H,3,6,10,12H2,1-2H3/p+1. The molecule has 0 amide bonds. The van der Waals surface area contributed by atoms with Crippen LogP contribution in [-0.4, -0.2) is 17.7 Å². The molecule has 1 aromatic carbocycles. The summed E-state index contributed by atoms with van der Waals surface area (Å²) in [6.07, 6.45) is 2.84. The van der Waals surface area contributed by atoms with Crippen LogP contribution >= 0.6 is 7.60 Å². The Morgan fingerprint density at radius 1 is 1.30 bits per heavy atom. The molecule has 2 rings (SSSR count). The van der Waals surface area contributed by atoms with Crippen LogP contribution in [0.15, 0.2) is 36.5 Å². The van der Waals surface area contributed by atoms with Crippen LogP contribution in [0.2, 0.25) is 0 Å². The molecule has 1 unspecified atom stereocenters. The summed E-state index contributed by atoms with van der Waals surface area (Å²) in [4.78, 5) is 9.57. The van der Waals surface area contributed by atoms with Gasteiger partial charge in [0.1, 0.15) is 6.54 Å². The van der Waals surface area contributed by atoms with Crippen molar-refractivity contribution in [2.45, 2.75) is 26.8 Å². The van der Waals surface area contributed by atoms with E-state index in [2.05, 4.69) is 29.7 Å². The molecule has 0 aliphatic heterocycles. The molecule has 108 valence electrons. The topological polar surface area (TPSA) is 50.4 Å². The highest BCUT2D eigenvalue weighted by atomic mass is 31.2. The summed E-state index contributed by atoms with van der Waals surface area (Å²) in [5, 5.41) is 1.21. The molecular formula is C15H21NO3P+. The lowest BCUT2D eigenvalue weighted by Gasteiger charge is -2.09. The molecule has 0 saturated carbocycles. The lowest BCUT2D eigenvalue weighted by molar-refractivity contribution is -0.671. The van der Waals surface area contributed by atoms with Gasteiger partial charge in [-0.25, -0.2) is 0 Å². The highest BCUT2D eigenvalue weighted by Gasteiger charge is 2.19. The first kappa shape index (κ1) is 15.2. The van der Waals surface area contributed by atoms with Gasteiger partial charge in [-0.15, -0.1) is 0 Å². The Kier molecular flexibility index (Phi) is 4.92. The molecule has 0 aliphatic rings. The fourth-order valence-corrected chi connectivity index (χ4v) is 3.41. The summed E-state index contributed by atoms with van der Waals surface area (Å²) in [6.45, 7) is 4.79. The maximum Gasteiger partial charge on any atom is 0.328 e. The minimum absolute atomic E-state index is 0.191. The van der Waals surface area contributed by atoms with E-state index in [1.165, 1.54) is 10.9 Å². The van der Waals surface area contributed by atoms with Gasteiger partial charge < -0.3 is 9.42 Å². The summed E-state index contributed by atoms with van der Waals surface area (Å²) in [6, 6.07) is 10.3. The van der Waals surface area contributed by atoms with E-state index in [1.54, 1.807) is 6.92 Å². The van der Waals surface area contributed by atoms with Crippen molar-refractivity contribution in [3.63, 3.8) is 0 Å². The second-order valence-electron chi connectivity index (χ2n) is 4.84. The summed E-state index contributed by atoms with van der Waals surface area (Å²) in [5.74, 6) is 0. The molecular weight excluding hydrogens is 273 g/mol. The molecule has 0 fully saturated rings. The Morgan fingerprint density at radius 2 is 2.05 bits per heavy atom. The fraction of sp³-hybridized carbons (Fsp3) is 0.400. The molecule has 1 aromatic heterocycles. The van der Waals surface area contributed by atoms with E-state index < -0.39 is 7.60 Å². The van der Waals surface area contributed by atoms with Gasteiger partial charge in [-0.3, -0.25) is 4.57 Å². The summed E-state index contributed by atoms with van der Waals surface area (Å²) in [7, 11) is -3.41. The first-order valence-electron chi connectivity index (χ1n) is 6.87. The van der Waals surface area contributed by atoms with Crippen molar-refractivity contribution in [3.05, 3.63) is 42.1 Å². The summed E-state index contributed by atoms with van der Waals surface area (Å²) < 4.78 is 18.6. The largest absolute Gasteiger partial charge is 0.328 e. The van der Waals surface area contributed by atoms with E-state index in [4.69, 9.17) is 4.52 Å². The first-order valence-corrected chi connectivity index (χ1v) is 8.64. The number of pyridine rings is 1. The van der Waals surface area contributed by atoms with E-state index in [-0.39, 0.29) is 12.8 Å². The van der Waals surface area contributed by atoms with E-state index >= 15 is 0 Å². The predicted molar refractivity (Wildman–Crippen MR) is 79.8 cm³/mol. The van der Waals surface area contributed by atoms with Gasteiger partial charge in [0.15, 0.2) is 6.20 Å². The molecule has 2 aromatic rings. The average Bonchev–Trinajstić information content (AvgIpc) is 2.41. The zero-order valence-corrected chi connectivity index (χ0v) is 12.8. The average molecular weight is 294 g/mol. The molecule has 4 nitrogen and oxygen atoms in total. The van der Waals surface area contributed by atoms with Crippen LogP contribution < -0.4 is 4.57 Å². The third kappa shape index (κ3) is 3.66. The van der Waals surface area contributed by atoms with Gasteiger partial charge in [0.05, 0.1) is 12.8 Å². The van der Waals surface area contributed by atoms with E-state index in [0.29, 0.717) is 13.0 Å². The van der Waals surface area contributed by atoms with Crippen molar-refractivity contribution in [1.29, 1.82) is 0 Å². The lowest BCUT2D eigenvalue weighted by Crippen LogP contribution is -2.34. The fourth-order valence-electron chi connectivity index (χ4n) is 2.33. The molecule has 1 atom stereocenters. The van der Waals surface area contributed by atoms with Gasteiger partial charge in [0.2, 0.25) is 5.52 Å². The third-order valence-electron chi connectivity index (χ3n) is 3.31. The lowest BCUT2D eigenvalue weighted by atomic mass is 10.1. The first-order chi connectivity index (χ1) is 9.53. The van der Waals surface area contributed by atoms with Crippen molar-refractivity contribution < 1.29 is 18.5 Å². The van der Waals surface area contributed by atoms with Gasteiger partial charge >= 0.3 is 7.60 Å². The number of para-hydroxylation sites is 1. The van der Waals surface area contributed by atoms with Crippen LogP contribution in [0.25, 0.3) is 10.9 Å².